The van der Waals surface area contributed by atoms with Gasteiger partial charge in [0.15, 0.2) is 0 Å². The maximum Gasteiger partial charge on any atom is 0.311 e. The number of hydrogen-bond acceptors (Lipinski definition) is 5. The number of ether oxygens (including phenoxy) is 1. The van der Waals surface area contributed by atoms with Crippen LogP contribution in [0.2, 0.25) is 0 Å². The number of halogens is 2. The zero-order valence-corrected chi connectivity index (χ0v) is 10.9. The highest BCUT2D eigenvalue weighted by molar-refractivity contribution is 14.1. The van der Waals surface area contributed by atoms with Gasteiger partial charge in [0, 0.05) is 18.3 Å². The fraction of sp³-hybridized carbons (Fsp3) is 0. The van der Waals surface area contributed by atoms with Gasteiger partial charge in [0.25, 0.3) is 0 Å². The van der Waals surface area contributed by atoms with E-state index >= 15 is 0 Å². The van der Waals surface area contributed by atoms with Crippen molar-refractivity contribution in [1.82, 2.24) is 9.97 Å². The summed E-state index contributed by atoms with van der Waals surface area (Å²) in [6, 6.07) is 2.98. The summed E-state index contributed by atoms with van der Waals surface area (Å²) < 4.78 is 18.9. The van der Waals surface area contributed by atoms with Crippen LogP contribution in [0.4, 0.5) is 10.1 Å². The Morgan fingerprint density at radius 1 is 1.44 bits per heavy atom. The predicted molar refractivity (Wildman–Crippen MR) is 67.9 cm³/mol. The maximum atomic E-state index is 13.1. The second-order valence-corrected chi connectivity index (χ2v) is 4.31. The fourth-order valence-electron chi connectivity index (χ4n) is 1.20. The largest absolute Gasteiger partial charge is 0.430 e. The lowest BCUT2D eigenvalue weighted by atomic mass is 10.3. The molecule has 0 aliphatic carbocycles. The van der Waals surface area contributed by atoms with Gasteiger partial charge in [-0.1, -0.05) is 0 Å². The van der Waals surface area contributed by atoms with E-state index in [1.165, 1.54) is 12.5 Å². The molecule has 0 bridgehead atoms. The number of nitro benzene ring substituents is 1. The SMILES string of the molecule is O=[N+]([O-])c1ccc(F)cc1Oc1ncncc1I. The smallest absolute Gasteiger partial charge is 0.311 e. The summed E-state index contributed by atoms with van der Waals surface area (Å²) in [5, 5.41) is 10.8. The summed E-state index contributed by atoms with van der Waals surface area (Å²) in [5.74, 6) is -0.685. The highest BCUT2D eigenvalue weighted by atomic mass is 127. The van der Waals surface area contributed by atoms with E-state index in [1.807, 2.05) is 22.6 Å². The van der Waals surface area contributed by atoms with E-state index in [9.17, 15) is 14.5 Å². The van der Waals surface area contributed by atoms with Crippen LogP contribution in [0, 0.1) is 19.5 Å². The zero-order valence-electron chi connectivity index (χ0n) is 8.71. The molecule has 92 valence electrons. The average Bonchev–Trinajstić information content (AvgIpc) is 2.32. The number of rotatable bonds is 3. The molecule has 1 heterocycles. The normalized spacial score (nSPS) is 10.1. The van der Waals surface area contributed by atoms with E-state index in [4.69, 9.17) is 4.74 Å². The molecule has 0 radical (unpaired) electrons. The molecule has 0 atom stereocenters. The number of benzene rings is 1. The minimum atomic E-state index is -0.650. The van der Waals surface area contributed by atoms with Crippen LogP contribution in [0.15, 0.2) is 30.7 Å². The Bertz CT molecular complexity index is 609. The van der Waals surface area contributed by atoms with Gasteiger partial charge in [-0.25, -0.2) is 14.4 Å². The maximum absolute atomic E-state index is 13.1. The third-order valence-corrected chi connectivity index (χ3v) is 2.70. The van der Waals surface area contributed by atoms with Crippen molar-refractivity contribution in [1.29, 1.82) is 0 Å². The monoisotopic (exact) mass is 361 g/mol. The Kier molecular flexibility index (Phi) is 3.65. The van der Waals surface area contributed by atoms with Gasteiger partial charge in [-0.2, -0.15) is 0 Å². The van der Waals surface area contributed by atoms with Gasteiger partial charge in [-0.3, -0.25) is 10.1 Å². The third-order valence-electron chi connectivity index (χ3n) is 1.96. The average molecular weight is 361 g/mol. The van der Waals surface area contributed by atoms with Crippen molar-refractivity contribution in [2.45, 2.75) is 0 Å². The predicted octanol–water partition coefficient (Wildman–Crippen LogP) is 2.92. The van der Waals surface area contributed by atoms with E-state index in [2.05, 4.69) is 9.97 Å². The minimum absolute atomic E-state index is 0.138. The van der Waals surface area contributed by atoms with Crippen molar-refractivity contribution in [2.75, 3.05) is 0 Å². The molecule has 0 saturated heterocycles. The van der Waals surface area contributed by atoms with Gasteiger partial charge in [0.05, 0.1) is 8.49 Å². The van der Waals surface area contributed by atoms with E-state index in [1.54, 1.807) is 0 Å². The molecule has 0 fully saturated rings. The Morgan fingerprint density at radius 2 is 2.22 bits per heavy atom. The van der Waals surface area contributed by atoms with Gasteiger partial charge in [-0.05, 0) is 28.7 Å². The number of hydrogen-bond donors (Lipinski definition) is 0. The number of aromatic nitrogens is 2. The molecule has 8 heteroatoms. The van der Waals surface area contributed by atoms with Gasteiger partial charge < -0.3 is 4.74 Å². The van der Waals surface area contributed by atoms with Crippen LogP contribution in [0.5, 0.6) is 11.6 Å². The second kappa shape index (κ2) is 5.21. The molecule has 18 heavy (non-hydrogen) atoms. The van der Waals surface area contributed by atoms with Crippen LogP contribution < -0.4 is 4.74 Å². The lowest BCUT2D eigenvalue weighted by molar-refractivity contribution is -0.385. The van der Waals surface area contributed by atoms with Crippen LogP contribution in [0.1, 0.15) is 0 Å². The number of nitrogens with zero attached hydrogens (tertiary/aromatic N) is 3. The molecule has 1 aromatic carbocycles. The standard InChI is InChI=1S/C10H5FIN3O3/c11-6-1-2-8(15(16)17)9(3-6)18-10-7(12)4-13-5-14-10/h1-5H. The Labute approximate surface area is 114 Å². The van der Waals surface area contributed by atoms with Crippen molar-refractivity contribution >= 4 is 28.3 Å². The lowest BCUT2D eigenvalue weighted by Crippen LogP contribution is -1.97. The van der Waals surface area contributed by atoms with Gasteiger partial charge >= 0.3 is 5.69 Å². The number of nitro groups is 1. The molecular formula is C10H5FIN3O3. The first-order chi connectivity index (χ1) is 8.58. The first-order valence-corrected chi connectivity index (χ1v) is 5.73. The summed E-state index contributed by atoms with van der Waals surface area (Å²) in [4.78, 5) is 17.7. The van der Waals surface area contributed by atoms with Crippen LogP contribution in [-0.2, 0) is 0 Å². The Balaban J connectivity index is 2.42. The topological polar surface area (TPSA) is 78.2 Å². The summed E-state index contributed by atoms with van der Waals surface area (Å²) in [5.41, 5.74) is -0.328. The molecule has 0 unspecified atom stereocenters. The van der Waals surface area contributed by atoms with E-state index in [0.717, 1.165) is 18.2 Å². The van der Waals surface area contributed by atoms with Crippen molar-refractivity contribution in [3.8, 4) is 11.6 Å². The molecule has 0 aliphatic heterocycles. The van der Waals surface area contributed by atoms with E-state index < -0.39 is 10.7 Å². The van der Waals surface area contributed by atoms with Gasteiger partial charge in [0.1, 0.15) is 12.1 Å². The van der Waals surface area contributed by atoms with Crippen molar-refractivity contribution in [3.05, 3.63) is 50.2 Å². The minimum Gasteiger partial charge on any atom is -0.430 e. The van der Waals surface area contributed by atoms with E-state index in [-0.39, 0.29) is 17.3 Å². The van der Waals surface area contributed by atoms with E-state index in [0.29, 0.717) is 3.57 Å². The first-order valence-electron chi connectivity index (χ1n) is 4.65. The first kappa shape index (κ1) is 12.6. The highest BCUT2D eigenvalue weighted by Gasteiger charge is 2.18. The molecule has 0 saturated carbocycles. The Hall–Kier alpha value is -1.84. The summed E-state index contributed by atoms with van der Waals surface area (Å²) in [6.07, 6.45) is 2.72. The zero-order chi connectivity index (χ0) is 13.1. The highest BCUT2D eigenvalue weighted by Crippen LogP contribution is 2.32. The van der Waals surface area contributed by atoms with Crippen LogP contribution >= 0.6 is 22.6 Å². The molecule has 6 nitrogen and oxygen atoms in total. The second-order valence-electron chi connectivity index (χ2n) is 3.15. The van der Waals surface area contributed by atoms with Crippen molar-refractivity contribution in [2.24, 2.45) is 0 Å². The van der Waals surface area contributed by atoms with Gasteiger partial charge in [0.2, 0.25) is 11.6 Å². The molecule has 0 spiro atoms. The Morgan fingerprint density at radius 3 is 2.89 bits per heavy atom. The van der Waals surface area contributed by atoms with Crippen LogP contribution in [-0.4, -0.2) is 14.9 Å². The molecule has 2 aromatic rings. The molecule has 0 aliphatic rings. The lowest BCUT2D eigenvalue weighted by Gasteiger charge is -2.06. The molecule has 1 aromatic heterocycles. The summed E-state index contributed by atoms with van der Waals surface area (Å²) in [7, 11) is 0. The van der Waals surface area contributed by atoms with Crippen molar-refractivity contribution in [3.63, 3.8) is 0 Å². The van der Waals surface area contributed by atoms with Crippen LogP contribution in [0.3, 0.4) is 0 Å². The van der Waals surface area contributed by atoms with Crippen molar-refractivity contribution < 1.29 is 14.1 Å². The molecule has 0 amide bonds. The third kappa shape index (κ3) is 2.70. The summed E-state index contributed by atoms with van der Waals surface area (Å²) in [6.45, 7) is 0. The van der Waals surface area contributed by atoms with Crippen LogP contribution in [0.25, 0.3) is 0 Å². The quantitative estimate of drug-likeness (QED) is 0.477. The fourth-order valence-corrected chi connectivity index (χ4v) is 1.61. The molecule has 2 rings (SSSR count). The summed E-state index contributed by atoms with van der Waals surface area (Å²) >= 11 is 1.91. The van der Waals surface area contributed by atoms with Gasteiger partial charge in [-0.15, -0.1) is 0 Å². The molecule has 0 N–H and O–H groups in total. The molecular weight excluding hydrogens is 356 g/mol.